The third kappa shape index (κ3) is 12.5. The van der Waals surface area contributed by atoms with Crippen molar-refractivity contribution in [3.8, 4) is 11.8 Å². The van der Waals surface area contributed by atoms with E-state index in [4.69, 9.17) is 44.9 Å². The van der Waals surface area contributed by atoms with E-state index >= 15 is 0 Å². The number of amides is 2. The van der Waals surface area contributed by atoms with Crippen LogP contribution in [0.5, 0.6) is 11.8 Å². The van der Waals surface area contributed by atoms with Gasteiger partial charge in [-0.3, -0.25) is 29.4 Å². The van der Waals surface area contributed by atoms with Crippen molar-refractivity contribution in [2.75, 3.05) is 44.7 Å². The number of carbonyl (C=O) groups excluding carboxylic acids is 2. The molecule has 0 aromatic carbocycles. The number of aromatic nitrogens is 8. The van der Waals surface area contributed by atoms with Crippen LogP contribution in [-0.2, 0) is 45.0 Å². The van der Waals surface area contributed by atoms with Gasteiger partial charge in [0.2, 0.25) is 35.5 Å². The highest BCUT2D eigenvalue weighted by atomic mass is 28.5. The van der Waals surface area contributed by atoms with Crippen molar-refractivity contribution in [2.24, 2.45) is 0 Å². The van der Waals surface area contributed by atoms with Crippen LogP contribution >= 0.6 is 0 Å². The Morgan fingerprint density at radius 2 is 0.976 bits per heavy atom. The van der Waals surface area contributed by atoms with Crippen LogP contribution in [0.1, 0.15) is 156 Å². The summed E-state index contributed by atoms with van der Waals surface area (Å²) in [5, 5.41) is 40.3. The maximum Gasteiger partial charge on any atom is 0.335 e. The number of fused-ring (bicyclic) bond motifs is 4. The van der Waals surface area contributed by atoms with Crippen LogP contribution in [0.3, 0.4) is 0 Å². The van der Waals surface area contributed by atoms with Gasteiger partial charge in [0.05, 0.1) is 40.1 Å². The lowest BCUT2D eigenvalue weighted by atomic mass is 9.89. The van der Waals surface area contributed by atoms with Crippen LogP contribution in [-0.4, -0.2) is 170 Å². The largest absolute Gasteiger partial charge is 0.479 e. The maximum absolute atomic E-state index is 12.7. The zero-order valence-corrected chi connectivity index (χ0v) is 57.6. The summed E-state index contributed by atoms with van der Waals surface area (Å²) in [5.74, 6) is -0.251. The number of imidazole rings is 2. The molecule has 2 amide bonds. The van der Waals surface area contributed by atoms with Crippen molar-refractivity contribution < 1.29 is 69.8 Å². The average molecular weight is 1260 g/mol. The summed E-state index contributed by atoms with van der Waals surface area (Å²) in [6.45, 7) is 41.2. The van der Waals surface area contributed by atoms with E-state index in [-0.39, 0.29) is 112 Å². The highest BCUT2D eigenvalue weighted by Crippen LogP contribution is 2.55. The van der Waals surface area contributed by atoms with E-state index in [0.717, 1.165) is 0 Å². The molecule has 0 spiro atoms. The maximum atomic E-state index is 12.7. The second-order valence-electron chi connectivity index (χ2n) is 25.5. The Hall–Kier alpha value is -4.19. The lowest BCUT2D eigenvalue weighted by Crippen LogP contribution is -2.67. The Kier molecular flexibility index (Phi) is 21.3. The van der Waals surface area contributed by atoms with Gasteiger partial charge in [0.25, 0.3) is 0 Å². The highest BCUT2D eigenvalue weighted by Gasteiger charge is 2.68. The smallest absolute Gasteiger partial charge is 0.335 e. The van der Waals surface area contributed by atoms with Crippen molar-refractivity contribution in [2.45, 2.75) is 236 Å². The number of hydrogen-bond acceptors (Lipinski definition) is 21. The predicted molar refractivity (Wildman–Crippen MR) is 329 cm³/mol. The monoisotopic (exact) mass is 1260 g/mol. The molecule has 4 aromatic rings. The molecule has 4 unspecified atom stereocenters. The van der Waals surface area contributed by atoms with Gasteiger partial charge in [0.15, 0.2) is 34.8 Å². The first-order chi connectivity index (χ1) is 39.8. The number of nitrogens with one attached hydrogen (secondary N) is 2. The fourth-order valence-corrected chi connectivity index (χ4v) is 35.5. The number of methoxy groups -OCH3 is 2. The number of carbonyl (C=O) groups is 2. The standard InChI is InChI=1S/C28H49N5O8Si2.C28H47N5O7Si2/c1-16(2)42(17(3)4)38-14-21-23(40-43(41-42,18(5)6)19(7)8)28(36,12-11-13-34)26(39-21)33-15-29-22-24(33)31-27(30-20(9)35)32-25(22)37-10;1-12-13-28(35)23-21(14-37-41(16(2)3,17(4)5)40-42(39-23,18(6)7)19(8)9)38-26(28)33-15-29-22-24(33)31-27(30-20(10)34)32-25(22)36-11/h15-19,21,23,26,34,36H,11-14H2,1-10H3,(H,30,31,32,35);12,15-19,21,23,26,35H,1,13-14H2,2-11H3,(H,30,31,32,34)/t2*21?,23-,26?,28+/m11/s1. The van der Waals surface area contributed by atoms with Crippen LogP contribution < -0.4 is 20.1 Å². The molecule has 8 heterocycles. The second-order valence-corrected chi connectivity index (χ2v) is 43.2. The zero-order valence-electron chi connectivity index (χ0n) is 53.6. The number of ether oxygens (including phenoxy) is 4. The quantitative estimate of drug-likeness (QED) is 0.0432. The first-order valence-corrected chi connectivity index (χ1v) is 37.8. The molecule has 4 aromatic heterocycles. The van der Waals surface area contributed by atoms with E-state index in [1.165, 1.54) is 40.7 Å². The third-order valence-corrected chi connectivity index (χ3v) is 37.7. The van der Waals surface area contributed by atoms with Gasteiger partial charge in [-0.2, -0.15) is 19.9 Å². The fraction of sp³-hybridized carbons (Fsp3) is 0.750. The molecular formula is C56H96N10O15Si4. The summed E-state index contributed by atoms with van der Waals surface area (Å²) < 4.78 is 70.4. The summed E-state index contributed by atoms with van der Waals surface area (Å²) in [6, 6.07) is 0. The molecule has 5 N–H and O–H groups in total. The minimum Gasteiger partial charge on any atom is -0.479 e. The lowest BCUT2D eigenvalue weighted by molar-refractivity contribution is -0.115. The summed E-state index contributed by atoms with van der Waals surface area (Å²) in [7, 11) is -8.88. The first kappa shape index (κ1) is 68.3. The topological polar surface area (TPSA) is 298 Å². The molecular weight excluding hydrogens is 1170 g/mol. The van der Waals surface area contributed by atoms with Gasteiger partial charge < -0.3 is 60.2 Å². The van der Waals surface area contributed by atoms with Gasteiger partial charge in [0, 0.05) is 26.9 Å². The van der Waals surface area contributed by atoms with Crippen LogP contribution in [0.25, 0.3) is 22.3 Å². The number of rotatable bonds is 19. The highest BCUT2D eigenvalue weighted by molar-refractivity contribution is 6.84. The molecule has 25 nitrogen and oxygen atoms in total. The average Bonchev–Trinajstić information content (AvgIpc) is 1.83. The van der Waals surface area contributed by atoms with Crippen LogP contribution in [0.4, 0.5) is 11.9 Å². The minimum atomic E-state index is -3.09. The van der Waals surface area contributed by atoms with E-state index in [1.54, 1.807) is 15.2 Å². The van der Waals surface area contributed by atoms with Crippen molar-refractivity contribution in [1.29, 1.82) is 0 Å². The predicted octanol–water partition coefficient (Wildman–Crippen LogP) is 9.10. The van der Waals surface area contributed by atoms with Gasteiger partial charge in [0.1, 0.15) is 35.6 Å². The number of aliphatic hydroxyl groups excluding tert-OH is 1. The lowest BCUT2D eigenvalue weighted by Gasteiger charge is -2.52. The van der Waals surface area contributed by atoms with Gasteiger partial charge in [-0.1, -0.05) is 117 Å². The third-order valence-electron chi connectivity index (χ3n) is 17.2. The minimum absolute atomic E-state index is 0.0326. The van der Waals surface area contributed by atoms with E-state index < -0.39 is 82.3 Å². The Morgan fingerprint density at radius 1 is 0.624 bits per heavy atom. The number of hydrogen-bond donors (Lipinski definition) is 5. The molecule has 85 heavy (non-hydrogen) atoms. The Labute approximate surface area is 505 Å². The number of anilines is 2. The molecule has 4 fully saturated rings. The molecule has 4 aliphatic heterocycles. The van der Waals surface area contributed by atoms with Crippen molar-refractivity contribution >= 4 is 80.3 Å². The van der Waals surface area contributed by atoms with Crippen LogP contribution in [0, 0.1) is 0 Å². The van der Waals surface area contributed by atoms with Gasteiger partial charge in [-0.05, 0) is 57.2 Å². The molecule has 476 valence electrons. The Balaban J connectivity index is 0.000000244. The molecule has 0 radical (unpaired) electrons. The van der Waals surface area contributed by atoms with Crippen molar-refractivity contribution in [3.05, 3.63) is 25.3 Å². The molecule has 0 aliphatic carbocycles. The van der Waals surface area contributed by atoms with Gasteiger partial charge in [-0.25, -0.2) is 9.97 Å². The van der Waals surface area contributed by atoms with E-state index in [1.807, 2.05) is 0 Å². The summed E-state index contributed by atoms with van der Waals surface area (Å²) in [5.41, 5.74) is -0.976. The molecule has 8 rings (SSSR count). The summed E-state index contributed by atoms with van der Waals surface area (Å²) >= 11 is 0. The van der Waals surface area contributed by atoms with Crippen LogP contribution in [0.15, 0.2) is 25.3 Å². The SMILES string of the molecule is C=CC[C@@]1(O)C(n2cnc3c(OC)nc(NC(C)=O)nc32)OC2CO[Si](C(C)C)(C(C)C)O[Si](C(C)C)(C(C)C)O[C@H]21.COc1nc(NC(C)=O)nc2c1ncn2C1OC2CO[Si](C(C)C)(C(C)C)O[Si](C(C)C)(C(C)C)O[C@H]2[C@@]1(O)CCCO. The molecule has 4 saturated heterocycles. The Bertz CT molecular complexity index is 2950. The van der Waals surface area contributed by atoms with E-state index in [9.17, 15) is 24.9 Å². The van der Waals surface area contributed by atoms with Crippen LogP contribution in [0.2, 0.25) is 44.3 Å². The first-order valence-electron chi connectivity index (χ1n) is 30.0. The van der Waals surface area contributed by atoms with E-state index in [2.05, 4.69) is 158 Å². The Morgan fingerprint density at radius 3 is 1.29 bits per heavy atom. The molecule has 0 saturated carbocycles. The molecule has 29 heteroatoms. The summed E-state index contributed by atoms with van der Waals surface area (Å²) in [4.78, 5) is 50.2. The zero-order chi connectivity index (χ0) is 63.1. The number of nitrogens with zero attached hydrogens (tertiary/aromatic N) is 8. The van der Waals surface area contributed by atoms with Crippen molar-refractivity contribution in [3.63, 3.8) is 0 Å². The van der Waals surface area contributed by atoms with Gasteiger partial charge >= 0.3 is 34.2 Å². The summed E-state index contributed by atoms with van der Waals surface area (Å²) in [6.07, 6.45) is 0.541. The second kappa shape index (κ2) is 26.5. The molecule has 4 aliphatic rings. The normalized spacial score (nSPS) is 27.2. The molecule has 8 atom stereocenters. The van der Waals surface area contributed by atoms with E-state index in [0.29, 0.717) is 28.7 Å². The fourth-order valence-electron chi connectivity index (χ4n) is 13.0. The van der Waals surface area contributed by atoms with Gasteiger partial charge in [-0.15, -0.1) is 6.58 Å². The van der Waals surface area contributed by atoms with Crippen molar-refractivity contribution in [1.82, 2.24) is 39.0 Å². The molecule has 0 bridgehead atoms. The number of aliphatic hydroxyl groups is 3.